The van der Waals surface area contributed by atoms with Crippen molar-refractivity contribution in [3.63, 3.8) is 0 Å². The molecule has 2 aromatic rings. The minimum atomic E-state index is -0.808. The SMILES string of the molecule is COc1ccc(CCN2C(=O)NCC2(N)c2ccc(C)cc2)cc1. The molecule has 1 heterocycles. The zero-order valence-corrected chi connectivity index (χ0v) is 14.1. The maximum absolute atomic E-state index is 12.3. The lowest BCUT2D eigenvalue weighted by Gasteiger charge is -2.34. The van der Waals surface area contributed by atoms with Gasteiger partial charge in [0.25, 0.3) is 0 Å². The summed E-state index contributed by atoms with van der Waals surface area (Å²) < 4.78 is 5.17. The predicted octanol–water partition coefficient (Wildman–Crippen LogP) is 2.38. The van der Waals surface area contributed by atoms with Gasteiger partial charge in [-0.25, -0.2) is 4.79 Å². The topological polar surface area (TPSA) is 67.6 Å². The summed E-state index contributed by atoms with van der Waals surface area (Å²) in [6.45, 7) is 3.01. The number of hydrogen-bond donors (Lipinski definition) is 2. The van der Waals surface area contributed by atoms with Crippen molar-refractivity contribution < 1.29 is 9.53 Å². The second-order valence-corrected chi connectivity index (χ2v) is 6.20. The van der Waals surface area contributed by atoms with Crippen LogP contribution in [0.2, 0.25) is 0 Å². The fourth-order valence-electron chi connectivity index (χ4n) is 3.02. The van der Waals surface area contributed by atoms with E-state index in [9.17, 15) is 4.79 Å². The Balaban J connectivity index is 1.76. The van der Waals surface area contributed by atoms with Crippen molar-refractivity contribution in [3.8, 4) is 5.75 Å². The average Bonchev–Trinajstić information content (AvgIpc) is 2.89. The van der Waals surface area contributed by atoms with Gasteiger partial charge in [0, 0.05) is 6.54 Å². The standard InChI is InChI=1S/C19H23N3O2/c1-14-3-7-16(8-4-14)19(20)13-21-18(23)22(19)12-11-15-5-9-17(24-2)10-6-15/h3-10H,11-13,20H2,1-2H3,(H,21,23). The van der Waals surface area contributed by atoms with Crippen LogP contribution in [0.4, 0.5) is 4.79 Å². The first-order valence-corrected chi connectivity index (χ1v) is 8.07. The van der Waals surface area contributed by atoms with Gasteiger partial charge in [-0.2, -0.15) is 0 Å². The van der Waals surface area contributed by atoms with E-state index in [1.54, 1.807) is 12.0 Å². The Morgan fingerprint density at radius 3 is 2.46 bits per heavy atom. The van der Waals surface area contributed by atoms with Gasteiger partial charge in [-0.3, -0.25) is 0 Å². The van der Waals surface area contributed by atoms with Crippen molar-refractivity contribution in [1.29, 1.82) is 0 Å². The quantitative estimate of drug-likeness (QED) is 0.887. The first kappa shape index (κ1) is 16.3. The van der Waals surface area contributed by atoms with E-state index in [-0.39, 0.29) is 6.03 Å². The van der Waals surface area contributed by atoms with Crippen LogP contribution in [-0.4, -0.2) is 31.1 Å². The van der Waals surface area contributed by atoms with Crippen molar-refractivity contribution in [2.24, 2.45) is 5.73 Å². The maximum Gasteiger partial charge on any atom is 0.319 e. The summed E-state index contributed by atoms with van der Waals surface area (Å²) in [4.78, 5) is 14.0. The molecule has 5 nitrogen and oxygen atoms in total. The molecule has 24 heavy (non-hydrogen) atoms. The average molecular weight is 325 g/mol. The van der Waals surface area contributed by atoms with Gasteiger partial charge in [0.1, 0.15) is 11.4 Å². The van der Waals surface area contributed by atoms with Gasteiger partial charge in [0.15, 0.2) is 0 Å². The summed E-state index contributed by atoms with van der Waals surface area (Å²) >= 11 is 0. The lowest BCUT2D eigenvalue weighted by molar-refractivity contribution is 0.160. The lowest BCUT2D eigenvalue weighted by Crippen LogP contribution is -2.52. The molecule has 1 atom stereocenters. The Morgan fingerprint density at radius 2 is 1.83 bits per heavy atom. The summed E-state index contributed by atoms with van der Waals surface area (Å²) in [6, 6.07) is 15.8. The van der Waals surface area contributed by atoms with Gasteiger partial charge in [-0.1, -0.05) is 42.0 Å². The molecule has 3 N–H and O–H groups in total. The van der Waals surface area contributed by atoms with Gasteiger partial charge >= 0.3 is 6.03 Å². The van der Waals surface area contributed by atoms with E-state index in [4.69, 9.17) is 10.5 Å². The zero-order valence-electron chi connectivity index (χ0n) is 14.1. The monoisotopic (exact) mass is 325 g/mol. The van der Waals surface area contributed by atoms with Crippen LogP contribution in [0.1, 0.15) is 16.7 Å². The van der Waals surface area contributed by atoms with Crippen molar-refractivity contribution in [3.05, 3.63) is 65.2 Å². The number of nitrogens with one attached hydrogen (secondary N) is 1. The number of methoxy groups -OCH3 is 1. The Kier molecular flexibility index (Phi) is 4.44. The summed E-state index contributed by atoms with van der Waals surface area (Å²) in [5.41, 5.74) is 9.05. The number of urea groups is 1. The van der Waals surface area contributed by atoms with E-state index >= 15 is 0 Å². The molecule has 2 amide bonds. The Labute approximate surface area is 142 Å². The van der Waals surface area contributed by atoms with Gasteiger partial charge in [-0.05, 0) is 36.6 Å². The molecule has 1 fully saturated rings. The lowest BCUT2D eigenvalue weighted by atomic mass is 9.98. The fraction of sp³-hybridized carbons (Fsp3) is 0.316. The van der Waals surface area contributed by atoms with Gasteiger partial charge in [0.05, 0.1) is 13.7 Å². The Bertz CT molecular complexity index is 712. The summed E-state index contributed by atoms with van der Waals surface area (Å²) in [5.74, 6) is 0.825. The number of nitrogens with zero attached hydrogens (tertiary/aromatic N) is 1. The zero-order chi connectivity index (χ0) is 17.2. The van der Waals surface area contributed by atoms with E-state index < -0.39 is 5.66 Å². The van der Waals surface area contributed by atoms with Crippen LogP contribution in [0.5, 0.6) is 5.75 Å². The molecule has 3 rings (SSSR count). The molecule has 0 bridgehead atoms. The highest BCUT2D eigenvalue weighted by Gasteiger charge is 2.43. The molecule has 0 radical (unpaired) electrons. The van der Waals surface area contributed by atoms with E-state index in [1.165, 1.54) is 5.56 Å². The molecule has 2 aromatic carbocycles. The van der Waals surface area contributed by atoms with Crippen LogP contribution in [0.3, 0.4) is 0 Å². The summed E-state index contributed by atoms with van der Waals surface area (Å²) in [7, 11) is 1.65. The minimum Gasteiger partial charge on any atom is -0.497 e. The molecule has 0 spiro atoms. The number of amides is 2. The fourth-order valence-corrected chi connectivity index (χ4v) is 3.02. The van der Waals surface area contributed by atoms with E-state index in [2.05, 4.69) is 5.32 Å². The largest absolute Gasteiger partial charge is 0.497 e. The molecule has 1 aliphatic heterocycles. The molecule has 1 unspecified atom stereocenters. The van der Waals surface area contributed by atoms with Gasteiger partial charge in [0.2, 0.25) is 0 Å². The highest BCUT2D eigenvalue weighted by molar-refractivity contribution is 5.78. The summed E-state index contributed by atoms with van der Waals surface area (Å²) in [5, 5.41) is 2.87. The molecule has 1 aliphatic rings. The first-order chi connectivity index (χ1) is 11.5. The highest BCUT2D eigenvalue weighted by Crippen LogP contribution is 2.27. The third kappa shape index (κ3) is 3.08. The number of rotatable bonds is 5. The highest BCUT2D eigenvalue weighted by atomic mass is 16.5. The van der Waals surface area contributed by atoms with Crippen LogP contribution in [-0.2, 0) is 12.1 Å². The molecular formula is C19H23N3O2. The van der Waals surface area contributed by atoms with Crippen molar-refractivity contribution >= 4 is 6.03 Å². The van der Waals surface area contributed by atoms with E-state index in [0.717, 1.165) is 23.3 Å². The van der Waals surface area contributed by atoms with Gasteiger partial charge in [-0.15, -0.1) is 0 Å². The molecule has 0 saturated carbocycles. The number of aryl methyl sites for hydroxylation is 1. The minimum absolute atomic E-state index is 0.119. The smallest absolute Gasteiger partial charge is 0.319 e. The normalized spacial score (nSPS) is 20.1. The van der Waals surface area contributed by atoms with Crippen LogP contribution in [0, 0.1) is 6.92 Å². The van der Waals surface area contributed by atoms with Crippen LogP contribution >= 0.6 is 0 Å². The van der Waals surface area contributed by atoms with Crippen LogP contribution in [0.25, 0.3) is 0 Å². The number of hydrogen-bond acceptors (Lipinski definition) is 3. The molecule has 1 saturated heterocycles. The van der Waals surface area contributed by atoms with Crippen LogP contribution < -0.4 is 15.8 Å². The summed E-state index contributed by atoms with van der Waals surface area (Å²) in [6.07, 6.45) is 0.738. The van der Waals surface area contributed by atoms with Crippen molar-refractivity contribution in [1.82, 2.24) is 10.2 Å². The molecule has 0 aromatic heterocycles. The number of carbonyl (C=O) groups excluding carboxylic acids is 1. The first-order valence-electron chi connectivity index (χ1n) is 8.07. The van der Waals surface area contributed by atoms with E-state index in [0.29, 0.717) is 13.1 Å². The van der Waals surface area contributed by atoms with Crippen LogP contribution in [0.15, 0.2) is 48.5 Å². The second-order valence-electron chi connectivity index (χ2n) is 6.20. The van der Waals surface area contributed by atoms with Gasteiger partial charge < -0.3 is 20.7 Å². The molecule has 5 heteroatoms. The number of ether oxygens (including phenoxy) is 1. The predicted molar refractivity (Wildman–Crippen MR) is 93.8 cm³/mol. The van der Waals surface area contributed by atoms with E-state index in [1.807, 2.05) is 55.5 Å². The number of nitrogens with two attached hydrogens (primary N) is 1. The molecule has 126 valence electrons. The number of benzene rings is 2. The Hall–Kier alpha value is -2.53. The molecular weight excluding hydrogens is 302 g/mol. The van der Waals surface area contributed by atoms with Crippen molar-refractivity contribution in [2.75, 3.05) is 20.2 Å². The number of carbonyl (C=O) groups is 1. The third-order valence-electron chi connectivity index (χ3n) is 4.57. The maximum atomic E-state index is 12.3. The molecule has 0 aliphatic carbocycles. The van der Waals surface area contributed by atoms with Crippen molar-refractivity contribution in [2.45, 2.75) is 19.0 Å². The Morgan fingerprint density at radius 1 is 1.17 bits per heavy atom. The second kappa shape index (κ2) is 6.53. The third-order valence-corrected chi connectivity index (χ3v) is 4.57.